The number of nitrogens with zero attached hydrogens (tertiary/aromatic N) is 1. The van der Waals surface area contributed by atoms with Crippen LogP contribution in [0.2, 0.25) is 0 Å². The lowest BCUT2D eigenvalue weighted by Gasteiger charge is -2.05. The van der Waals surface area contributed by atoms with E-state index >= 15 is 0 Å². The van der Waals surface area contributed by atoms with E-state index in [9.17, 15) is 4.79 Å². The van der Waals surface area contributed by atoms with Crippen molar-refractivity contribution >= 4 is 11.6 Å². The van der Waals surface area contributed by atoms with Crippen molar-refractivity contribution in [2.24, 2.45) is 5.16 Å². The van der Waals surface area contributed by atoms with Crippen molar-refractivity contribution in [3.63, 3.8) is 0 Å². The number of nitrogens with one attached hydrogen (secondary N) is 1. The fourth-order valence-electron chi connectivity index (χ4n) is 2.59. The number of fused-ring (bicyclic) bond motifs is 3. The fourth-order valence-corrected chi connectivity index (χ4v) is 2.59. The van der Waals surface area contributed by atoms with Gasteiger partial charge in [0, 0.05) is 24.8 Å². The Morgan fingerprint density at radius 3 is 2.13 bits per heavy atom. The summed E-state index contributed by atoms with van der Waals surface area (Å²) < 4.78 is 4.87. The first kappa shape index (κ1) is 15.2. The first-order chi connectivity index (χ1) is 11.3. The van der Waals surface area contributed by atoms with Crippen molar-refractivity contribution in [2.45, 2.75) is 0 Å². The topological polar surface area (TPSA) is 59.9 Å². The van der Waals surface area contributed by atoms with Gasteiger partial charge in [-0.25, -0.2) is 0 Å². The molecule has 0 aromatic heterocycles. The van der Waals surface area contributed by atoms with E-state index in [1.165, 1.54) is 0 Å². The van der Waals surface area contributed by atoms with Crippen LogP contribution in [0, 0.1) is 0 Å². The molecule has 3 rings (SSSR count). The molecule has 1 aliphatic carbocycles. The van der Waals surface area contributed by atoms with Crippen LogP contribution >= 0.6 is 0 Å². The van der Waals surface area contributed by atoms with E-state index in [0.29, 0.717) is 13.2 Å². The van der Waals surface area contributed by atoms with E-state index in [1.807, 2.05) is 36.4 Å². The highest BCUT2D eigenvalue weighted by molar-refractivity contribution is 6.24. The SMILES string of the molecule is COCCNC(=O)CON=C1c2ccccc2-c2ccccc21. The van der Waals surface area contributed by atoms with Gasteiger partial charge in [-0.15, -0.1) is 0 Å². The minimum atomic E-state index is -0.217. The molecular formula is C18H18N2O3. The highest BCUT2D eigenvalue weighted by atomic mass is 16.6. The number of hydrogen-bond donors (Lipinski definition) is 1. The minimum absolute atomic E-state index is 0.114. The Kier molecular flexibility index (Phi) is 4.68. The maximum atomic E-state index is 11.6. The van der Waals surface area contributed by atoms with Gasteiger partial charge in [-0.05, 0) is 11.1 Å². The largest absolute Gasteiger partial charge is 0.385 e. The number of carbonyl (C=O) groups excluding carboxylic acids is 1. The number of methoxy groups -OCH3 is 1. The van der Waals surface area contributed by atoms with Crippen molar-refractivity contribution in [3.8, 4) is 11.1 Å². The molecule has 5 nitrogen and oxygen atoms in total. The second kappa shape index (κ2) is 7.07. The Balaban J connectivity index is 1.74. The number of oxime groups is 1. The minimum Gasteiger partial charge on any atom is -0.385 e. The number of rotatable bonds is 6. The highest BCUT2D eigenvalue weighted by Gasteiger charge is 2.24. The van der Waals surface area contributed by atoms with Crippen molar-refractivity contribution in [1.82, 2.24) is 5.32 Å². The Morgan fingerprint density at radius 2 is 1.57 bits per heavy atom. The van der Waals surface area contributed by atoms with Crippen LogP contribution in [0.4, 0.5) is 0 Å². The van der Waals surface area contributed by atoms with Crippen LogP contribution in [0.1, 0.15) is 11.1 Å². The van der Waals surface area contributed by atoms with E-state index in [1.54, 1.807) is 7.11 Å². The third-order valence-corrected chi connectivity index (χ3v) is 3.63. The molecule has 1 amide bonds. The molecule has 1 aliphatic rings. The zero-order chi connectivity index (χ0) is 16.1. The number of ether oxygens (including phenoxy) is 1. The van der Waals surface area contributed by atoms with E-state index in [-0.39, 0.29) is 12.5 Å². The standard InChI is InChI=1S/C18H18N2O3/c1-22-11-10-19-17(21)12-23-20-18-15-8-4-2-6-13(15)14-7-3-5-9-16(14)18/h2-9H,10-12H2,1H3,(H,19,21). The molecule has 2 aromatic carbocycles. The van der Waals surface area contributed by atoms with Gasteiger partial charge in [0.15, 0.2) is 6.61 Å². The quantitative estimate of drug-likeness (QED) is 0.561. The third kappa shape index (κ3) is 3.24. The molecule has 0 atom stereocenters. The number of carbonyl (C=O) groups is 1. The summed E-state index contributed by atoms with van der Waals surface area (Å²) in [6, 6.07) is 16.1. The van der Waals surface area contributed by atoms with Gasteiger partial charge in [0.05, 0.1) is 6.61 Å². The van der Waals surface area contributed by atoms with Crippen molar-refractivity contribution in [3.05, 3.63) is 59.7 Å². The molecule has 1 N–H and O–H groups in total. The van der Waals surface area contributed by atoms with E-state index in [4.69, 9.17) is 9.57 Å². The number of benzene rings is 2. The summed E-state index contributed by atoms with van der Waals surface area (Å²) in [5, 5.41) is 6.89. The van der Waals surface area contributed by atoms with Gasteiger partial charge < -0.3 is 14.9 Å². The summed E-state index contributed by atoms with van der Waals surface area (Å²) in [4.78, 5) is 16.9. The second-order valence-electron chi connectivity index (χ2n) is 5.15. The highest BCUT2D eigenvalue weighted by Crippen LogP contribution is 2.36. The van der Waals surface area contributed by atoms with Gasteiger partial charge in [0.25, 0.3) is 5.91 Å². The van der Waals surface area contributed by atoms with Crippen molar-refractivity contribution in [1.29, 1.82) is 0 Å². The summed E-state index contributed by atoms with van der Waals surface area (Å²) in [6.45, 7) is 0.819. The molecule has 2 aromatic rings. The third-order valence-electron chi connectivity index (χ3n) is 3.63. The summed E-state index contributed by atoms with van der Waals surface area (Å²) >= 11 is 0. The van der Waals surface area contributed by atoms with Gasteiger partial charge in [0.1, 0.15) is 5.71 Å². The van der Waals surface area contributed by atoms with Crippen molar-refractivity contribution < 1.29 is 14.4 Å². The van der Waals surface area contributed by atoms with Gasteiger partial charge in [-0.3, -0.25) is 4.79 Å². The van der Waals surface area contributed by atoms with E-state index in [0.717, 1.165) is 28.0 Å². The van der Waals surface area contributed by atoms with Crippen LogP contribution in [0.3, 0.4) is 0 Å². The predicted molar refractivity (Wildman–Crippen MR) is 88.4 cm³/mol. The molecule has 0 saturated heterocycles. The first-order valence-electron chi connectivity index (χ1n) is 7.46. The zero-order valence-corrected chi connectivity index (χ0v) is 12.9. The van der Waals surface area contributed by atoms with Crippen LogP contribution in [-0.2, 0) is 14.4 Å². The normalized spacial score (nSPS) is 11.6. The van der Waals surface area contributed by atoms with Gasteiger partial charge >= 0.3 is 0 Å². The average molecular weight is 310 g/mol. The zero-order valence-electron chi connectivity index (χ0n) is 12.9. The Morgan fingerprint density at radius 1 is 1.00 bits per heavy atom. The first-order valence-corrected chi connectivity index (χ1v) is 7.46. The Labute approximate surface area is 134 Å². The summed E-state index contributed by atoms with van der Waals surface area (Å²) in [7, 11) is 1.59. The van der Waals surface area contributed by atoms with Crippen LogP contribution in [-0.4, -0.2) is 38.5 Å². The van der Waals surface area contributed by atoms with Crippen LogP contribution in [0.5, 0.6) is 0 Å². The van der Waals surface area contributed by atoms with Crippen molar-refractivity contribution in [2.75, 3.05) is 26.9 Å². The average Bonchev–Trinajstić information content (AvgIpc) is 2.90. The fraction of sp³-hybridized carbons (Fsp3) is 0.222. The van der Waals surface area contributed by atoms with Gasteiger partial charge in [-0.1, -0.05) is 53.7 Å². The van der Waals surface area contributed by atoms with Crippen LogP contribution in [0.25, 0.3) is 11.1 Å². The molecule has 0 radical (unpaired) electrons. The number of amides is 1. The van der Waals surface area contributed by atoms with Gasteiger partial charge in [-0.2, -0.15) is 0 Å². The molecule has 0 saturated carbocycles. The summed E-state index contributed by atoms with van der Waals surface area (Å²) in [5.41, 5.74) is 5.08. The number of hydrogen-bond acceptors (Lipinski definition) is 4. The van der Waals surface area contributed by atoms with E-state index < -0.39 is 0 Å². The molecule has 0 heterocycles. The molecule has 23 heavy (non-hydrogen) atoms. The van der Waals surface area contributed by atoms with Crippen LogP contribution < -0.4 is 5.32 Å². The monoisotopic (exact) mass is 310 g/mol. The molecule has 0 aliphatic heterocycles. The lowest BCUT2D eigenvalue weighted by molar-refractivity contribution is -0.125. The molecular weight excluding hydrogens is 292 g/mol. The molecule has 5 heteroatoms. The maximum Gasteiger partial charge on any atom is 0.260 e. The summed E-state index contributed by atoms with van der Waals surface area (Å²) in [5.74, 6) is -0.217. The molecule has 0 unspecified atom stereocenters. The van der Waals surface area contributed by atoms with E-state index in [2.05, 4.69) is 22.6 Å². The summed E-state index contributed by atoms with van der Waals surface area (Å²) in [6.07, 6.45) is 0. The Bertz CT molecular complexity index is 693. The Hall–Kier alpha value is -2.66. The molecule has 0 bridgehead atoms. The van der Waals surface area contributed by atoms with Gasteiger partial charge in [0.2, 0.25) is 0 Å². The second-order valence-corrected chi connectivity index (χ2v) is 5.15. The maximum absolute atomic E-state index is 11.6. The molecule has 0 fully saturated rings. The lowest BCUT2D eigenvalue weighted by Crippen LogP contribution is -2.30. The molecule has 0 spiro atoms. The molecule has 118 valence electrons. The predicted octanol–water partition coefficient (Wildman–Crippen LogP) is 2.20. The lowest BCUT2D eigenvalue weighted by atomic mass is 10.1. The van der Waals surface area contributed by atoms with Crippen LogP contribution in [0.15, 0.2) is 53.7 Å². The smallest absolute Gasteiger partial charge is 0.260 e.